The van der Waals surface area contributed by atoms with Crippen LogP contribution >= 0.6 is 16.5 Å². The van der Waals surface area contributed by atoms with Crippen LogP contribution in [0.5, 0.6) is 0 Å². The Morgan fingerprint density at radius 2 is 1.33 bits per heavy atom. The molecule has 6 nitrogen and oxygen atoms in total. The van der Waals surface area contributed by atoms with Gasteiger partial charge in [0.25, 0.3) is 0 Å². The van der Waals surface area contributed by atoms with Crippen molar-refractivity contribution in [1.29, 1.82) is 0 Å². The SMILES string of the molecule is O=[PH](O)OC/C=C/CO[PH](=O)O. The number of hydrogen-bond acceptors (Lipinski definition) is 4. The van der Waals surface area contributed by atoms with Crippen LogP contribution in [0.4, 0.5) is 0 Å². The Labute approximate surface area is 70.7 Å². The molecule has 0 rings (SSSR count). The Morgan fingerprint density at radius 1 is 1.00 bits per heavy atom. The monoisotopic (exact) mass is 216 g/mol. The van der Waals surface area contributed by atoms with E-state index in [1.165, 1.54) is 12.2 Å². The summed E-state index contributed by atoms with van der Waals surface area (Å²) in [6.45, 7) is -0.0198. The second-order valence-electron chi connectivity index (χ2n) is 1.63. The molecule has 72 valence electrons. The van der Waals surface area contributed by atoms with Crippen molar-refractivity contribution in [3.8, 4) is 0 Å². The first kappa shape index (κ1) is 12.0. The quantitative estimate of drug-likeness (QED) is 0.491. The van der Waals surface area contributed by atoms with Gasteiger partial charge in [-0.25, -0.2) is 0 Å². The van der Waals surface area contributed by atoms with E-state index in [0.717, 1.165) is 0 Å². The van der Waals surface area contributed by atoms with E-state index in [9.17, 15) is 9.13 Å². The molecule has 0 aromatic carbocycles. The molecule has 0 bridgehead atoms. The molecular weight excluding hydrogens is 206 g/mol. The van der Waals surface area contributed by atoms with Gasteiger partial charge in [-0.05, 0) is 0 Å². The molecule has 2 unspecified atom stereocenters. The third-order valence-electron chi connectivity index (χ3n) is 0.773. The van der Waals surface area contributed by atoms with Crippen molar-refractivity contribution >= 4 is 16.5 Å². The van der Waals surface area contributed by atoms with Crippen LogP contribution in [0.25, 0.3) is 0 Å². The minimum atomic E-state index is -2.88. The Morgan fingerprint density at radius 3 is 1.58 bits per heavy atom. The van der Waals surface area contributed by atoms with Crippen LogP contribution < -0.4 is 0 Å². The summed E-state index contributed by atoms with van der Waals surface area (Å²) in [5.74, 6) is 0. The lowest BCUT2D eigenvalue weighted by Gasteiger charge is -1.93. The maximum atomic E-state index is 9.95. The molecule has 0 fully saturated rings. The molecule has 0 aromatic rings. The molecule has 0 aliphatic carbocycles. The molecule has 0 aliphatic rings. The third kappa shape index (κ3) is 10.0. The average Bonchev–Trinajstić information content (AvgIpc) is 1.95. The van der Waals surface area contributed by atoms with E-state index in [0.29, 0.717) is 0 Å². The second kappa shape index (κ2) is 7.68. The van der Waals surface area contributed by atoms with Crippen molar-refractivity contribution in [3.63, 3.8) is 0 Å². The van der Waals surface area contributed by atoms with Crippen LogP contribution in [0.2, 0.25) is 0 Å². The van der Waals surface area contributed by atoms with E-state index in [-0.39, 0.29) is 13.2 Å². The fraction of sp³-hybridized carbons (Fsp3) is 0.500. The van der Waals surface area contributed by atoms with E-state index in [1.54, 1.807) is 0 Å². The Hall–Kier alpha value is 0.0400. The standard InChI is InChI=1S/C4H10O6P2/c5-11(6)9-3-1-2-4-10-12(7)8/h1-2,11-12H,3-4H2,(H,5,6)(H,7,8)/b2-1+. The van der Waals surface area contributed by atoms with Crippen molar-refractivity contribution < 1.29 is 28.0 Å². The molecule has 0 saturated heterocycles. The molecule has 2 N–H and O–H groups in total. The third-order valence-corrected chi connectivity index (χ3v) is 1.60. The first-order chi connectivity index (χ1) is 5.63. The minimum Gasteiger partial charge on any atom is -0.326 e. The molecule has 0 saturated carbocycles. The summed E-state index contributed by atoms with van der Waals surface area (Å²) in [5.41, 5.74) is 0. The van der Waals surface area contributed by atoms with Crippen LogP contribution in [0.1, 0.15) is 0 Å². The van der Waals surface area contributed by atoms with E-state index in [1.807, 2.05) is 0 Å². The summed E-state index contributed by atoms with van der Waals surface area (Å²) in [5, 5.41) is 0. The molecule has 0 heterocycles. The van der Waals surface area contributed by atoms with Gasteiger partial charge in [-0.3, -0.25) is 9.13 Å². The Balaban J connectivity index is 3.26. The summed E-state index contributed by atoms with van der Waals surface area (Å²) in [4.78, 5) is 16.3. The summed E-state index contributed by atoms with van der Waals surface area (Å²) in [6, 6.07) is 0. The van der Waals surface area contributed by atoms with Gasteiger partial charge in [-0.1, -0.05) is 12.2 Å². The Bertz CT molecular complexity index is 170. The highest BCUT2D eigenvalue weighted by Gasteiger charge is 1.88. The Kier molecular flexibility index (Phi) is 7.70. The summed E-state index contributed by atoms with van der Waals surface area (Å²) >= 11 is 0. The normalized spacial score (nSPS) is 16.5. The van der Waals surface area contributed by atoms with E-state index < -0.39 is 16.5 Å². The van der Waals surface area contributed by atoms with Gasteiger partial charge in [-0.15, -0.1) is 0 Å². The van der Waals surface area contributed by atoms with Crippen molar-refractivity contribution in [1.82, 2.24) is 0 Å². The average molecular weight is 216 g/mol. The van der Waals surface area contributed by atoms with Crippen LogP contribution in [-0.4, -0.2) is 23.0 Å². The number of rotatable bonds is 6. The van der Waals surface area contributed by atoms with E-state index in [4.69, 9.17) is 9.79 Å². The first-order valence-electron chi connectivity index (χ1n) is 2.99. The maximum absolute atomic E-state index is 9.95. The van der Waals surface area contributed by atoms with Crippen molar-refractivity contribution in [2.24, 2.45) is 0 Å². The maximum Gasteiger partial charge on any atom is 0.316 e. The lowest BCUT2D eigenvalue weighted by Crippen LogP contribution is -1.83. The molecule has 0 spiro atoms. The molecule has 0 aromatic heterocycles. The molecule has 0 aliphatic heterocycles. The first-order valence-corrected chi connectivity index (χ1v) is 5.52. The van der Waals surface area contributed by atoms with Gasteiger partial charge < -0.3 is 18.8 Å². The lowest BCUT2D eigenvalue weighted by molar-refractivity contribution is 0.303. The van der Waals surface area contributed by atoms with Crippen LogP contribution in [-0.2, 0) is 18.2 Å². The topological polar surface area (TPSA) is 93.1 Å². The fourth-order valence-corrected chi connectivity index (χ4v) is 0.852. The zero-order chi connectivity index (χ0) is 9.40. The molecule has 0 amide bonds. The zero-order valence-corrected chi connectivity index (χ0v) is 8.10. The smallest absolute Gasteiger partial charge is 0.316 e. The molecule has 0 radical (unpaired) electrons. The van der Waals surface area contributed by atoms with Gasteiger partial charge in [0.05, 0.1) is 13.2 Å². The minimum absolute atomic E-state index is 0.00990. The molecule has 2 atom stereocenters. The van der Waals surface area contributed by atoms with Gasteiger partial charge >= 0.3 is 16.5 Å². The van der Waals surface area contributed by atoms with Gasteiger partial charge in [0.2, 0.25) is 0 Å². The van der Waals surface area contributed by atoms with Crippen LogP contribution in [0.15, 0.2) is 12.2 Å². The second-order valence-corrected chi connectivity index (χ2v) is 3.27. The van der Waals surface area contributed by atoms with Gasteiger partial charge in [0, 0.05) is 0 Å². The fourth-order valence-electron chi connectivity index (χ4n) is 0.375. The zero-order valence-electron chi connectivity index (χ0n) is 6.10. The highest BCUT2D eigenvalue weighted by atomic mass is 31.1. The summed E-state index contributed by atoms with van der Waals surface area (Å²) in [6.07, 6.45) is 2.84. The highest BCUT2D eigenvalue weighted by Crippen LogP contribution is 2.14. The summed E-state index contributed by atoms with van der Waals surface area (Å²) in [7, 11) is -5.77. The molecular formula is C4H10O6P2. The van der Waals surface area contributed by atoms with Gasteiger partial charge in [0.1, 0.15) is 0 Å². The number of hydrogen-bond donors (Lipinski definition) is 2. The van der Waals surface area contributed by atoms with Crippen molar-refractivity contribution in [2.75, 3.05) is 13.2 Å². The predicted octanol–water partition coefficient (Wildman–Crippen LogP) is 0.340. The van der Waals surface area contributed by atoms with Crippen LogP contribution in [0, 0.1) is 0 Å². The van der Waals surface area contributed by atoms with E-state index >= 15 is 0 Å². The highest BCUT2D eigenvalue weighted by molar-refractivity contribution is 7.32. The molecule has 12 heavy (non-hydrogen) atoms. The summed E-state index contributed by atoms with van der Waals surface area (Å²) < 4.78 is 28.5. The van der Waals surface area contributed by atoms with Crippen molar-refractivity contribution in [2.45, 2.75) is 0 Å². The molecule has 8 heteroatoms. The lowest BCUT2D eigenvalue weighted by atomic mass is 10.5. The van der Waals surface area contributed by atoms with Gasteiger partial charge in [0.15, 0.2) is 0 Å². The predicted molar refractivity (Wildman–Crippen MR) is 43.5 cm³/mol. The van der Waals surface area contributed by atoms with Gasteiger partial charge in [-0.2, -0.15) is 0 Å². The largest absolute Gasteiger partial charge is 0.326 e. The van der Waals surface area contributed by atoms with Crippen LogP contribution in [0.3, 0.4) is 0 Å². The van der Waals surface area contributed by atoms with E-state index in [2.05, 4.69) is 9.05 Å². The van der Waals surface area contributed by atoms with Crippen molar-refractivity contribution in [3.05, 3.63) is 12.2 Å².